The zero-order valence-electron chi connectivity index (χ0n) is 12.3. The lowest BCUT2D eigenvalue weighted by Crippen LogP contribution is -2.43. The van der Waals surface area contributed by atoms with Crippen molar-refractivity contribution in [3.63, 3.8) is 0 Å². The SMILES string of the molecule is CCC(C)N(C(=O)C1CCCCC1)c1ccn(C)n1. The van der Waals surface area contributed by atoms with E-state index in [4.69, 9.17) is 0 Å². The highest BCUT2D eigenvalue weighted by Crippen LogP contribution is 2.28. The van der Waals surface area contributed by atoms with Gasteiger partial charge >= 0.3 is 0 Å². The van der Waals surface area contributed by atoms with Crippen molar-refractivity contribution < 1.29 is 4.79 Å². The summed E-state index contributed by atoms with van der Waals surface area (Å²) < 4.78 is 1.76. The molecule has 1 aliphatic carbocycles. The van der Waals surface area contributed by atoms with Gasteiger partial charge in [0.2, 0.25) is 5.91 Å². The number of aromatic nitrogens is 2. The molecule has 19 heavy (non-hydrogen) atoms. The third kappa shape index (κ3) is 3.17. The maximum Gasteiger partial charge on any atom is 0.231 e. The molecule has 1 unspecified atom stereocenters. The van der Waals surface area contributed by atoms with Crippen molar-refractivity contribution in [2.24, 2.45) is 13.0 Å². The molecular weight excluding hydrogens is 238 g/mol. The Kier molecular flexibility index (Phi) is 4.61. The van der Waals surface area contributed by atoms with Crippen molar-refractivity contribution in [3.05, 3.63) is 12.3 Å². The first-order chi connectivity index (χ1) is 9.13. The molecule has 1 saturated carbocycles. The van der Waals surface area contributed by atoms with Crippen LogP contribution in [0.15, 0.2) is 12.3 Å². The second-order valence-electron chi connectivity index (χ2n) is 5.65. The highest BCUT2D eigenvalue weighted by Gasteiger charge is 2.30. The van der Waals surface area contributed by atoms with Gasteiger partial charge in [-0.1, -0.05) is 26.2 Å². The molecule has 0 N–H and O–H groups in total. The number of hydrogen-bond donors (Lipinski definition) is 0. The minimum absolute atomic E-state index is 0.199. The predicted octanol–water partition coefficient (Wildman–Crippen LogP) is 3.13. The minimum Gasteiger partial charge on any atom is -0.292 e. The van der Waals surface area contributed by atoms with Crippen molar-refractivity contribution >= 4 is 11.7 Å². The van der Waals surface area contributed by atoms with Crippen LogP contribution < -0.4 is 4.90 Å². The molecule has 1 aromatic heterocycles. The number of aryl methyl sites for hydroxylation is 1. The fourth-order valence-electron chi connectivity index (χ4n) is 2.82. The normalized spacial score (nSPS) is 18.3. The molecule has 0 saturated heterocycles. The number of nitrogens with zero attached hydrogens (tertiary/aromatic N) is 3. The Morgan fingerprint density at radius 3 is 2.68 bits per heavy atom. The Hall–Kier alpha value is -1.32. The van der Waals surface area contributed by atoms with E-state index in [0.717, 1.165) is 25.1 Å². The zero-order chi connectivity index (χ0) is 13.8. The van der Waals surface area contributed by atoms with Crippen LogP contribution in [0.2, 0.25) is 0 Å². The van der Waals surface area contributed by atoms with Crippen molar-refractivity contribution in [3.8, 4) is 0 Å². The van der Waals surface area contributed by atoms with Crippen LogP contribution in [0.25, 0.3) is 0 Å². The Morgan fingerprint density at radius 1 is 1.47 bits per heavy atom. The van der Waals surface area contributed by atoms with Crippen LogP contribution in [-0.4, -0.2) is 21.7 Å². The number of carbonyl (C=O) groups is 1. The molecule has 1 aromatic rings. The highest BCUT2D eigenvalue weighted by molar-refractivity contribution is 5.94. The second kappa shape index (κ2) is 6.22. The molecule has 4 heteroatoms. The highest BCUT2D eigenvalue weighted by atomic mass is 16.2. The van der Waals surface area contributed by atoms with Crippen LogP contribution >= 0.6 is 0 Å². The molecule has 4 nitrogen and oxygen atoms in total. The molecule has 1 amide bonds. The summed E-state index contributed by atoms with van der Waals surface area (Å²) in [5.41, 5.74) is 0. The Bertz CT molecular complexity index is 421. The van der Waals surface area contributed by atoms with Crippen molar-refractivity contribution in [1.29, 1.82) is 0 Å². The molecule has 2 rings (SSSR count). The summed E-state index contributed by atoms with van der Waals surface area (Å²) in [5, 5.41) is 4.42. The number of anilines is 1. The van der Waals surface area contributed by atoms with Gasteiger partial charge in [-0.05, 0) is 26.2 Å². The van der Waals surface area contributed by atoms with Gasteiger partial charge in [0, 0.05) is 31.3 Å². The molecule has 0 aliphatic heterocycles. The smallest absolute Gasteiger partial charge is 0.231 e. The van der Waals surface area contributed by atoms with Gasteiger partial charge in [0.05, 0.1) is 0 Å². The summed E-state index contributed by atoms with van der Waals surface area (Å²) in [5.74, 6) is 1.27. The Labute approximate surface area is 115 Å². The molecule has 0 aromatic carbocycles. The number of rotatable bonds is 4. The monoisotopic (exact) mass is 263 g/mol. The molecule has 0 radical (unpaired) electrons. The van der Waals surface area contributed by atoms with Gasteiger partial charge < -0.3 is 0 Å². The molecule has 0 spiro atoms. The average molecular weight is 263 g/mol. The molecule has 0 bridgehead atoms. The molecule has 1 fully saturated rings. The lowest BCUT2D eigenvalue weighted by atomic mass is 9.88. The van der Waals surface area contributed by atoms with E-state index in [1.807, 2.05) is 24.2 Å². The van der Waals surface area contributed by atoms with E-state index < -0.39 is 0 Å². The van der Waals surface area contributed by atoms with Gasteiger partial charge in [-0.15, -0.1) is 0 Å². The van der Waals surface area contributed by atoms with Crippen molar-refractivity contribution in [2.45, 2.75) is 58.4 Å². The predicted molar refractivity (Wildman–Crippen MR) is 77.0 cm³/mol. The van der Waals surface area contributed by atoms with E-state index in [1.54, 1.807) is 4.68 Å². The molecule has 1 heterocycles. The second-order valence-corrected chi connectivity index (χ2v) is 5.65. The zero-order valence-corrected chi connectivity index (χ0v) is 12.3. The Morgan fingerprint density at radius 2 is 2.16 bits per heavy atom. The standard InChI is InChI=1S/C15H25N3O/c1-4-12(2)18(14-10-11-17(3)16-14)15(19)13-8-6-5-7-9-13/h10-13H,4-9H2,1-3H3. The fraction of sp³-hybridized carbons (Fsp3) is 0.733. The summed E-state index contributed by atoms with van der Waals surface area (Å²) in [6, 6.07) is 2.15. The van der Waals surface area contributed by atoms with Crippen LogP contribution in [-0.2, 0) is 11.8 Å². The van der Waals surface area contributed by atoms with Gasteiger partial charge in [-0.25, -0.2) is 0 Å². The van der Waals surface area contributed by atoms with E-state index in [2.05, 4.69) is 18.9 Å². The number of hydrogen-bond acceptors (Lipinski definition) is 2. The van der Waals surface area contributed by atoms with E-state index in [9.17, 15) is 4.79 Å². The summed E-state index contributed by atoms with van der Waals surface area (Å²) in [4.78, 5) is 14.7. The van der Waals surface area contributed by atoms with Crippen LogP contribution in [0.3, 0.4) is 0 Å². The van der Waals surface area contributed by atoms with Crippen LogP contribution in [0.5, 0.6) is 0 Å². The first kappa shape index (κ1) is 14.1. The summed E-state index contributed by atoms with van der Waals surface area (Å²) >= 11 is 0. The van der Waals surface area contributed by atoms with Gasteiger partial charge in [0.15, 0.2) is 5.82 Å². The lowest BCUT2D eigenvalue weighted by molar-refractivity contribution is -0.123. The minimum atomic E-state index is 0.199. The van der Waals surface area contributed by atoms with E-state index in [1.165, 1.54) is 19.3 Å². The van der Waals surface area contributed by atoms with Gasteiger partial charge in [-0.2, -0.15) is 5.10 Å². The van der Waals surface area contributed by atoms with E-state index >= 15 is 0 Å². The maximum atomic E-state index is 12.8. The maximum absolute atomic E-state index is 12.8. The topological polar surface area (TPSA) is 38.1 Å². The van der Waals surface area contributed by atoms with Crippen molar-refractivity contribution in [2.75, 3.05) is 4.90 Å². The number of carbonyl (C=O) groups excluding carboxylic acids is 1. The summed E-state index contributed by atoms with van der Waals surface area (Å²) in [7, 11) is 1.89. The molecule has 1 atom stereocenters. The van der Waals surface area contributed by atoms with Crippen LogP contribution in [0.1, 0.15) is 52.4 Å². The quantitative estimate of drug-likeness (QED) is 0.837. The molecular formula is C15H25N3O. The largest absolute Gasteiger partial charge is 0.292 e. The first-order valence-corrected chi connectivity index (χ1v) is 7.46. The molecule has 106 valence electrons. The lowest BCUT2D eigenvalue weighted by Gasteiger charge is -2.31. The fourth-order valence-corrected chi connectivity index (χ4v) is 2.82. The van der Waals surface area contributed by atoms with Gasteiger partial charge in [0.1, 0.15) is 0 Å². The summed E-state index contributed by atoms with van der Waals surface area (Å²) in [6.07, 6.45) is 8.59. The number of amides is 1. The van der Waals surface area contributed by atoms with Gasteiger partial charge in [-0.3, -0.25) is 14.4 Å². The summed E-state index contributed by atoms with van der Waals surface area (Å²) in [6.45, 7) is 4.23. The van der Waals surface area contributed by atoms with Crippen LogP contribution in [0.4, 0.5) is 5.82 Å². The third-order valence-corrected chi connectivity index (χ3v) is 4.17. The Balaban J connectivity index is 2.19. The van der Waals surface area contributed by atoms with Crippen molar-refractivity contribution in [1.82, 2.24) is 9.78 Å². The third-order valence-electron chi connectivity index (χ3n) is 4.17. The molecule has 1 aliphatic rings. The van der Waals surface area contributed by atoms with Gasteiger partial charge in [0.25, 0.3) is 0 Å². The van der Waals surface area contributed by atoms with E-state index in [-0.39, 0.29) is 17.9 Å². The van der Waals surface area contributed by atoms with Crippen LogP contribution in [0, 0.1) is 5.92 Å². The first-order valence-electron chi connectivity index (χ1n) is 7.46. The van der Waals surface area contributed by atoms with E-state index in [0.29, 0.717) is 0 Å². The average Bonchev–Trinajstić information content (AvgIpc) is 2.86.